The highest BCUT2D eigenvalue weighted by atomic mass is 35.5. The minimum absolute atomic E-state index is 0.590. The minimum Gasteiger partial charge on any atom is -0.480 e. The van der Waals surface area contributed by atoms with Crippen molar-refractivity contribution in [3.05, 3.63) is 89.1 Å². The Balaban J connectivity index is 1.45. The quantitative estimate of drug-likeness (QED) is 0.161. The lowest BCUT2D eigenvalue weighted by atomic mass is 10.0. The van der Waals surface area contributed by atoms with E-state index in [2.05, 4.69) is 73.6 Å². The van der Waals surface area contributed by atoms with E-state index in [1.165, 1.54) is 0 Å². The van der Waals surface area contributed by atoms with E-state index in [0.29, 0.717) is 11.6 Å². The van der Waals surface area contributed by atoms with E-state index in [4.69, 9.17) is 20.8 Å². The zero-order valence-corrected chi connectivity index (χ0v) is 26.9. The summed E-state index contributed by atoms with van der Waals surface area (Å²) in [5.41, 5.74) is 6.93. The Kier molecular flexibility index (Phi) is 9.64. The van der Waals surface area contributed by atoms with E-state index in [0.717, 1.165) is 89.0 Å². The third kappa shape index (κ3) is 6.34. The van der Waals surface area contributed by atoms with Gasteiger partial charge in [0.15, 0.2) is 5.75 Å². The number of hydrogen-bond acceptors (Lipinski definition) is 5. The molecule has 0 spiro atoms. The molecule has 0 amide bonds. The van der Waals surface area contributed by atoms with Gasteiger partial charge in [0.1, 0.15) is 12.6 Å². The predicted molar refractivity (Wildman–Crippen MR) is 178 cm³/mol. The summed E-state index contributed by atoms with van der Waals surface area (Å²) in [6.07, 6.45) is 6.91. The number of carbonyl (C=O) groups is 1. The van der Waals surface area contributed by atoms with Gasteiger partial charge in [-0.1, -0.05) is 50.1 Å². The van der Waals surface area contributed by atoms with E-state index < -0.39 is 12.0 Å². The number of carboxylic acids is 1. The lowest BCUT2D eigenvalue weighted by molar-refractivity contribution is -0.674. The van der Waals surface area contributed by atoms with E-state index in [1.54, 1.807) is 6.92 Å². The lowest BCUT2D eigenvalue weighted by Crippen LogP contribution is -2.39. The molecule has 8 heteroatoms. The van der Waals surface area contributed by atoms with Crippen LogP contribution < -0.4 is 19.1 Å². The van der Waals surface area contributed by atoms with Gasteiger partial charge in [0.25, 0.3) is 5.52 Å². The molecule has 0 aliphatic carbocycles. The summed E-state index contributed by atoms with van der Waals surface area (Å²) >= 11 is 6.26. The summed E-state index contributed by atoms with van der Waals surface area (Å²) in [6, 6.07) is 19.5. The molecule has 5 rings (SSSR count). The normalized spacial score (nSPS) is 14.6. The van der Waals surface area contributed by atoms with Crippen molar-refractivity contribution >= 4 is 46.1 Å². The van der Waals surface area contributed by atoms with Crippen LogP contribution in [0.2, 0.25) is 5.02 Å². The molecule has 4 aromatic rings. The van der Waals surface area contributed by atoms with Crippen LogP contribution >= 0.6 is 11.6 Å². The fourth-order valence-electron chi connectivity index (χ4n) is 5.64. The number of ether oxygens (including phenoxy) is 1. The predicted octanol–water partition coefficient (Wildman–Crippen LogP) is 8.69. The van der Waals surface area contributed by atoms with Crippen molar-refractivity contribution < 1.29 is 23.6 Å². The van der Waals surface area contributed by atoms with Crippen LogP contribution in [0, 0.1) is 0 Å². The van der Waals surface area contributed by atoms with Gasteiger partial charge in [-0.25, -0.2) is 4.79 Å². The first-order valence-corrected chi connectivity index (χ1v) is 15.9. The number of allylic oxidation sites excluding steroid dienone is 2. The number of benzene rings is 3. The fourth-order valence-corrected chi connectivity index (χ4v) is 5.80. The Hall–Kier alpha value is -4.23. The van der Waals surface area contributed by atoms with E-state index >= 15 is 0 Å². The number of rotatable bonds is 12. The molecule has 0 saturated carbocycles. The van der Waals surface area contributed by atoms with Crippen LogP contribution in [-0.2, 0) is 11.3 Å². The molecule has 3 aromatic carbocycles. The van der Waals surface area contributed by atoms with Crippen molar-refractivity contribution in [2.24, 2.45) is 0 Å². The maximum absolute atomic E-state index is 11.7. The average molecular weight is 615 g/mol. The number of anilines is 2. The first kappa shape index (κ1) is 31.2. The number of nitrogens with zero attached hydrogens (tertiary/aromatic N) is 3. The van der Waals surface area contributed by atoms with Crippen LogP contribution in [0.5, 0.6) is 5.75 Å². The van der Waals surface area contributed by atoms with Crippen molar-refractivity contribution in [2.75, 3.05) is 22.9 Å². The maximum Gasteiger partial charge on any atom is 0.374 e. The number of aliphatic carboxylic acids is 1. The van der Waals surface area contributed by atoms with Crippen molar-refractivity contribution in [1.29, 1.82) is 0 Å². The second-order valence-electron chi connectivity index (χ2n) is 11.0. The molecule has 1 aliphatic heterocycles. The van der Waals surface area contributed by atoms with Gasteiger partial charge in [-0.05, 0) is 86.7 Å². The second kappa shape index (κ2) is 13.6. The van der Waals surface area contributed by atoms with Crippen LogP contribution in [0.4, 0.5) is 11.4 Å². The Morgan fingerprint density at radius 1 is 1.05 bits per heavy atom. The van der Waals surface area contributed by atoms with Gasteiger partial charge >= 0.3 is 11.9 Å². The standard InChI is InChI=1S/C36H40ClN3O4/c1-6-10-19-40(24(5)36(41)42)29-15-11-26(12-16-29)27-13-17-32-30(22-27)38(8-3)34(43-32)20-25(7-2)21-35-39(9-4)31-23-28(37)14-18-33(31)44-35/h11-18,20-24H,6-10,19H2,1-5H3/p+1. The van der Waals surface area contributed by atoms with Crippen molar-refractivity contribution in [3.8, 4) is 16.9 Å². The lowest BCUT2D eigenvalue weighted by Gasteiger charge is -2.28. The number of oxazole rings is 1. The number of halogens is 1. The Labute approximate surface area is 264 Å². The molecule has 0 bridgehead atoms. The number of aryl methyl sites for hydroxylation is 1. The largest absolute Gasteiger partial charge is 0.480 e. The summed E-state index contributed by atoms with van der Waals surface area (Å²) in [5.74, 6) is 1.53. The molecule has 1 aliphatic rings. The van der Waals surface area contributed by atoms with Crippen LogP contribution in [0.3, 0.4) is 0 Å². The van der Waals surface area contributed by atoms with E-state index in [-0.39, 0.29) is 0 Å². The summed E-state index contributed by atoms with van der Waals surface area (Å²) in [7, 11) is 0. The summed E-state index contributed by atoms with van der Waals surface area (Å²) < 4.78 is 14.8. The summed E-state index contributed by atoms with van der Waals surface area (Å²) in [4.78, 5) is 15.8. The molecule has 1 N–H and O–H groups in total. The molecule has 0 saturated heterocycles. The number of hydrogen-bond donors (Lipinski definition) is 1. The van der Waals surface area contributed by atoms with Gasteiger partial charge < -0.3 is 24.1 Å². The van der Waals surface area contributed by atoms with E-state index in [1.807, 2.05) is 41.3 Å². The molecule has 0 radical (unpaired) electrons. The van der Waals surface area contributed by atoms with Crippen molar-refractivity contribution in [3.63, 3.8) is 0 Å². The third-order valence-electron chi connectivity index (χ3n) is 8.19. The number of unbranched alkanes of at least 4 members (excludes halogenated alkanes) is 1. The molecule has 1 unspecified atom stereocenters. The average Bonchev–Trinajstić information content (AvgIpc) is 3.56. The summed E-state index contributed by atoms with van der Waals surface area (Å²) in [6.45, 7) is 12.4. The summed E-state index contributed by atoms with van der Waals surface area (Å²) in [5, 5.41) is 10.3. The molecule has 230 valence electrons. The Bertz CT molecular complexity index is 1710. The molecular formula is C36H41ClN3O4+. The zero-order chi connectivity index (χ0) is 31.4. The van der Waals surface area contributed by atoms with Gasteiger partial charge in [-0.15, -0.1) is 0 Å². The molecule has 44 heavy (non-hydrogen) atoms. The van der Waals surface area contributed by atoms with Crippen LogP contribution in [-0.4, -0.2) is 30.2 Å². The molecule has 7 nitrogen and oxygen atoms in total. The fraction of sp³-hybridized carbons (Fsp3) is 0.333. The maximum atomic E-state index is 11.7. The molecular weight excluding hydrogens is 574 g/mol. The monoisotopic (exact) mass is 614 g/mol. The minimum atomic E-state index is -0.819. The van der Waals surface area contributed by atoms with Gasteiger partial charge in [0.2, 0.25) is 11.5 Å². The topological polar surface area (TPSA) is 70.0 Å². The first-order chi connectivity index (χ1) is 21.3. The molecule has 2 heterocycles. The number of carboxylic acid groups (broad SMARTS) is 1. The van der Waals surface area contributed by atoms with Crippen molar-refractivity contribution in [1.82, 2.24) is 0 Å². The second-order valence-corrected chi connectivity index (χ2v) is 11.4. The molecule has 1 atom stereocenters. The van der Waals surface area contributed by atoms with Crippen LogP contribution in [0.1, 0.15) is 59.8 Å². The van der Waals surface area contributed by atoms with Gasteiger partial charge in [0.05, 0.1) is 11.8 Å². The van der Waals surface area contributed by atoms with Gasteiger partial charge in [-0.3, -0.25) is 0 Å². The Morgan fingerprint density at radius 3 is 2.45 bits per heavy atom. The molecule has 0 fully saturated rings. The number of aromatic nitrogens is 1. The highest BCUT2D eigenvalue weighted by Crippen LogP contribution is 2.41. The van der Waals surface area contributed by atoms with Crippen molar-refractivity contribution in [2.45, 2.75) is 66.5 Å². The first-order valence-electron chi connectivity index (χ1n) is 15.5. The SMILES string of the molecule is CCCCN(c1ccc(-c2ccc3oc(C=C(C=C4Oc5ccc(Cl)cc5N4CC)CC)[n+](CC)c3c2)cc1)C(C)C(=O)O. The van der Waals surface area contributed by atoms with E-state index in [9.17, 15) is 9.90 Å². The van der Waals surface area contributed by atoms with Crippen LogP contribution in [0.15, 0.2) is 82.6 Å². The van der Waals surface area contributed by atoms with Gasteiger partial charge in [0, 0.05) is 35.9 Å². The number of fused-ring (bicyclic) bond motifs is 2. The van der Waals surface area contributed by atoms with Gasteiger partial charge in [-0.2, -0.15) is 4.57 Å². The molecule has 1 aromatic heterocycles. The highest BCUT2D eigenvalue weighted by molar-refractivity contribution is 6.31. The smallest absolute Gasteiger partial charge is 0.374 e. The highest BCUT2D eigenvalue weighted by Gasteiger charge is 2.26. The third-order valence-corrected chi connectivity index (χ3v) is 8.43. The Morgan fingerprint density at radius 2 is 1.80 bits per heavy atom. The van der Waals surface area contributed by atoms with Crippen LogP contribution in [0.25, 0.3) is 28.3 Å². The zero-order valence-electron chi connectivity index (χ0n) is 26.1.